The first kappa shape index (κ1) is 44.2. The minimum atomic E-state index is -2.46. The Morgan fingerprint density at radius 2 is 1.53 bits per heavy atom. The number of aliphatic hydroxyl groups is 1. The van der Waals surface area contributed by atoms with E-state index in [-0.39, 0.29) is 24.8 Å². The van der Waals surface area contributed by atoms with Crippen LogP contribution in [-0.2, 0) is 80.9 Å². The number of carbonyl (C=O) groups is 7. The van der Waals surface area contributed by atoms with E-state index >= 15 is 4.79 Å². The Kier molecular flexibility index (Phi) is 9.34. The van der Waals surface area contributed by atoms with Crippen LogP contribution in [0.4, 0.5) is 0 Å². The van der Waals surface area contributed by atoms with Gasteiger partial charge < -0.3 is 56.9 Å². The first-order valence-corrected chi connectivity index (χ1v) is 21.7. The Morgan fingerprint density at radius 1 is 0.875 bits per heavy atom. The van der Waals surface area contributed by atoms with Crippen LogP contribution in [0.3, 0.4) is 0 Å². The highest BCUT2D eigenvalue weighted by Crippen LogP contribution is 2.91. The smallest absolute Gasteiger partial charge is 0.338 e. The Labute approximate surface area is 368 Å². The molecular weight excluding hydrogens is 844 g/mol. The van der Waals surface area contributed by atoms with Crippen molar-refractivity contribution < 1.29 is 90.5 Å². The van der Waals surface area contributed by atoms with Gasteiger partial charge >= 0.3 is 41.8 Å². The third kappa shape index (κ3) is 4.80. The van der Waals surface area contributed by atoms with Crippen molar-refractivity contribution in [3.63, 3.8) is 0 Å². The van der Waals surface area contributed by atoms with Crippen molar-refractivity contribution in [2.24, 2.45) is 39.9 Å². The predicted octanol–water partition coefficient (Wildman–Crippen LogP) is 3.99. The maximum Gasteiger partial charge on any atom is 0.338 e. The fourth-order valence-electron chi connectivity index (χ4n) is 14.2. The molecule has 1 aromatic heterocycles. The minimum Gasteiger partial charge on any atom is -0.512 e. The molecular formula is C45H54O19. The fourth-order valence-corrected chi connectivity index (χ4v) is 14.2. The van der Waals surface area contributed by atoms with Crippen LogP contribution >= 0.6 is 0 Å². The molecule has 0 unspecified atom stereocenters. The number of cyclic esters (lactones) is 1. The van der Waals surface area contributed by atoms with Crippen LogP contribution < -0.4 is 0 Å². The molecule has 19 heteroatoms. The van der Waals surface area contributed by atoms with Crippen LogP contribution in [0.1, 0.15) is 107 Å². The van der Waals surface area contributed by atoms with Gasteiger partial charge in [-0.05, 0) is 18.4 Å². The van der Waals surface area contributed by atoms with E-state index in [9.17, 15) is 33.9 Å². The zero-order valence-electron chi connectivity index (χ0n) is 37.6. The van der Waals surface area contributed by atoms with Gasteiger partial charge in [-0.3, -0.25) is 28.8 Å². The summed E-state index contributed by atoms with van der Waals surface area (Å²) in [5.74, 6) is -13.3. The Balaban J connectivity index is 1.54. The van der Waals surface area contributed by atoms with Gasteiger partial charge in [-0.25, -0.2) is 4.79 Å². The van der Waals surface area contributed by atoms with Crippen molar-refractivity contribution in [1.82, 2.24) is 0 Å². The first-order valence-electron chi connectivity index (χ1n) is 21.7. The van der Waals surface area contributed by atoms with Gasteiger partial charge in [0.25, 0.3) is 5.97 Å². The average molecular weight is 899 g/mol. The quantitative estimate of drug-likeness (QED) is 0.151. The Morgan fingerprint density at radius 3 is 2.09 bits per heavy atom. The van der Waals surface area contributed by atoms with Gasteiger partial charge in [0.15, 0.2) is 35.6 Å². The molecule has 64 heavy (non-hydrogen) atoms. The summed E-state index contributed by atoms with van der Waals surface area (Å²) in [5.41, 5.74) is -14.9. The molecule has 0 aromatic carbocycles. The predicted molar refractivity (Wildman–Crippen MR) is 208 cm³/mol. The molecule has 8 fully saturated rings. The van der Waals surface area contributed by atoms with Crippen LogP contribution in [0.5, 0.6) is 0 Å². The summed E-state index contributed by atoms with van der Waals surface area (Å²) in [6.07, 6.45) is -6.90. The second-order valence-electron chi connectivity index (χ2n) is 19.8. The van der Waals surface area contributed by atoms with E-state index in [0.717, 1.165) is 20.8 Å². The molecule has 4 aliphatic carbocycles. The van der Waals surface area contributed by atoms with Crippen molar-refractivity contribution in [3.05, 3.63) is 35.5 Å². The summed E-state index contributed by atoms with van der Waals surface area (Å²) in [4.78, 5) is 99.1. The molecule has 8 aliphatic rings. The number of hydrogen-bond acceptors (Lipinski definition) is 19. The highest BCUT2D eigenvalue weighted by atomic mass is 16.9. The molecule has 4 spiro atoms. The normalized spacial score (nSPS) is 45.1. The lowest BCUT2D eigenvalue weighted by Crippen LogP contribution is -2.99. The number of hydrogen-bond donors (Lipinski definition) is 1. The largest absolute Gasteiger partial charge is 0.512 e. The molecule has 19 nitrogen and oxygen atoms in total. The summed E-state index contributed by atoms with van der Waals surface area (Å²) in [6.45, 7) is 15.4. The second kappa shape index (κ2) is 13.5. The lowest BCUT2D eigenvalue weighted by Gasteiger charge is -2.79. The van der Waals surface area contributed by atoms with Gasteiger partial charge in [0, 0.05) is 57.4 Å². The monoisotopic (exact) mass is 898 g/mol. The Bertz CT molecular complexity index is 2300. The molecule has 4 aliphatic heterocycles. The molecule has 0 radical (unpaired) electrons. The van der Waals surface area contributed by atoms with Crippen LogP contribution in [0, 0.1) is 39.9 Å². The number of allylic oxidation sites excluding steroid dienone is 1. The van der Waals surface area contributed by atoms with Crippen molar-refractivity contribution in [2.75, 3.05) is 6.61 Å². The number of fused-ring (bicyclic) bond motifs is 4. The van der Waals surface area contributed by atoms with E-state index in [4.69, 9.17) is 51.8 Å². The average Bonchev–Trinajstić information content (AvgIpc) is 3.91. The van der Waals surface area contributed by atoms with Gasteiger partial charge in [-0.2, -0.15) is 0 Å². The summed E-state index contributed by atoms with van der Waals surface area (Å²) in [6, 6.07) is 1.49. The lowest BCUT2D eigenvalue weighted by atomic mass is 9.31. The van der Waals surface area contributed by atoms with Gasteiger partial charge in [-0.1, -0.05) is 48.5 Å². The molecule has 4 bridgehead atoms. The zero-order valence-corrected chi connectivity index (χ0v) is 37.6. The molecule has 9 rings (SSSR count). The second-order valence-corrected chi connectivity index (χ2v) is 19.8. The van der Waals surface area contributed by atoms with E-state index < -0.39 is 159 Å². The van der Waals surface area contributed by atoms with Crippen molar-refractivity contribution in [3.8, 4) is 0 Å². The van der Waals surface area contributed by atoms with E-state index in [1.807, 2.05) is 0 Å². The summed E-state index contributed by atoms with van der Waals surface area (Å²) in [7, 11) is 0. The van der Waals surface area contributed by atoms with Crippen LogP contribution in [0.2, 0.25) is 0 Å². The fraction of sp³-hybridized carbons (Fsp3) is 0.711. The summed E-state index contributed by atoms with van der Waals surface area (Å²) < 4.78 is 73.0. The molecule has 5 heterocycles. The number of rotatable bonds is 10. The highest BCUT2D eigenvalue weighted by Gasteiger charge is 3.09. The third-order valence-corrected chi connectivity index (χ3v) is 15.7. The molecule has 4 saturated heterocycles. The van der Waals surface area contributed by atoms with E-state index in [1.54, 1.807) is 41.5 Å². The zero-order chi connectivity index (χ0) is 46.7. The van der Waals surface area contributed by atoms with Gasteiger partial charge in [-0.15, -0.1) is 0 Å². The molecule has 0 amide bonds. The standard InChI is InChI=1S/C45H54O19/c1-12-25(49)28-29-39(10,30(56-21(6)46)24-13-14-54-16-24)31(58-33(51)19(2)3)32(59-34(52)20(4)5)45-41-18-55-27(50)15-26(41)38(9)17-42(41)44(61-23(8)48,36(38)57-22(7)47)37(60-35(28)53)43(29,45)63-40(11,62-42)64-45/h13-14,16,19-20,26,29-32,36-37,49H,12,15,17-18H2,1-11H3/t26-,29+,30-,31-,32+,36-,37-,38+,39+,40+,41+,42+,43+,44-,45-/m0/s1. The molecule has 15 atom stereocenters. The number of furan rings is 1. The highest BCUT2D eigenvalue weighted by molar-refractivity contribution is 5.93. The number of carbonyl (C=O) groups excluding carboxylic acids is 7. The summed E-state index contributed by atoms with van der Waals surface area (Å²) >= 11 is 0. The van der Waals surface area contributed by atoms with E-state index in [1.165, 1.54) is 32.4 Å². The van der Waals surface area contributed by atoms with Gasteiger partial charge in [0.2, 0.25) is 5.60 Å². The van der Waals surface area contributed by atoms with Gasteiger partial charge in [0.1, 0.15) is 24.1 Å². The molecule has 4 saturated carbocycles. The van der Waals surface area contributed by atoms with Crippen molar-refractivity contribution in [1.29, 1.82) is 0 Å². The lowest BCUT2D eigenvalue weighted by molar-refractivity contribution is -0.498. The number of aliphatic hydroxyl groups excluding tert-OH is 1. The van der Waals surface area contributed by atoms with Crippen molar-refractivity contribution in [2.45, 2.75) is 154 Å². The number of esters is 7. The van der Waals surface area contributed by atoms with Crippen LogP contribution in [-0.4, -0.2) is 106 Å². The summed E-state index contributed by atoms with van der Waals surface area (Å²) in [5, 5.41) is 12.2. The third-order valence-electron chi connectivity index (χ3n) is 15.7. The first-order chi connectivity index (χ1) is 29.9. The van der Waals surface area contributed by atoms with Crippen molar-refractivity contribution >= 4 is 41.8 Å². The molecule has 348 valence electrons. The van der Waals surface area contributed by atoms with Gasteiger partial charge in [0.05, 0.1) is 40.8 Å². The molecule has 1 aromatic rings. The number of ether oxygens (including phenoxy) is 10. The van der Waals surface area contributed by atoms with E-state index in [2.05, 4.69) is 0 Å². The maximum atomic E-state index is 15.4. The minimum absolute atomic E-state index is 0.155. The van der Waals surface area contributed by atoms with E-state index in [0.29, 0.717) is 0 Å². The van der Waals surface area contributed by atoms with Crippen LogP contribution in [0.15, 0.2) is 34.3 Å². The topological polar surface area (TPSA) is 245 Å². The molecule has 1 N–H and O–H groups in total. The van der Waals surface area contributed by atoms with Crippen LogP contribution in [0.25, 0.3) is 0 Å². The SMILES string of the molecule is CCC(O)=C1C(=O)O[C@@H]2[C@@]3(OC(C)=O)[C@@H](OC(C)=O)[C@]4(C)C[C@]35O[C@]3(C)O[C@]26[C@H]1[C@](C)([C@@H](OC(C)=O)c1ccoc1)[C@@H](OC(=O)C(C)C)[C@@H](OC(=O)C(C)C)[C@]6(O3)[C@@]51COC(=O)C[C@@H]41. The Hall–Kier alpha value is -5.01. The maximum absolute atomic E-state index is 15.4.